The number of rotatable bonds is 6. The number of H-pyrrole nitrogens is 1. The molecule has 2 aromatic rings. The smallest absolute Gasteiger partial charge is 0.329 e. The van der Waals surface area contributed by atoms with Gasteiger partial charge in [-0.3, -0.25) is 23.9 Å². The van der Waals surface area contributed by atoms with E-state index in [0.717, 1.165) is 0 Å². The molecule has 0 saturated carbocycles. The van der Waals surface area contributed by atoms with Crippen LogP contribution in [0.25, 0.3) is 0 Å². The first-order valence-electron chi connectivity index (χ1n) is 9.42. The van der Waals surface area contributed by atoms with Crippen molar-refractivity contribution in [2.75, 3.05) is 17.7 Å². The van der Waals surface area contributed by atoms with Crippen molar-refractivity contribution in [1.82, 2.24) is 9.55 Å². The SMILES string of the molecule is COc1cccc(NC(=O)C2CC(=O)Nc3c2c(=O)[nH]c(=O)n3CCC(C)C)c1. The molecule has 0 saturated heterocycles. The van der Waals surface area contributed by atoms with Gasteiger partial charge in [0.2, 0.25) is 11.8 Å². The van der Waals surface area contributed by atoms with Gasteiger partial charge < -0.3 is 15.4 Å². The van der Waals surface area contributed by atoms with Crippen LogP contribution >= 0.6 is 0 Å². The predicted molar refractivity (Wildman–Crippen MR) is 108 cm³/mol. The Labute approximate surface area is 167 Å². The molecule has 1 aliphatic rings. The molecule has 9 heteroatoms. The number of carbonyl (C=O) groups excluding carboxylic acids is 2. The molecule has 0 spiro atoms. The van der Waals surface area contributed by atoms with Crippen LogP contribution in [0.3, 0.4) is 0 Å². The first-order chi connectivity index (χ1) is 13.8. The molecule has 2 amide bonds. The number of hydrogen-bond donors (Lipinski definition) is 3. The number of nitrogens with zero attached hydrogens (tertiary/aromatic N) is 1. The van der Waals surface area contributed by atoms with E-state index in [0.29, 0.717) is 30.3 Å². The maximum Gasteiger partial charge on any atom is 0.329 e. The summed E-state index contributed by atoms with van der Waals surface area (Å²) in [4.78, 5) is 52.3. The van der Waals surface area contributed by atoms with Gasteiger partial charge in [0.25, 0.3) is 5.56 Å². The number of benzene rings is 1. The monoisotopic (exact) mass is 400 g/mol. The lowest BCUT2D eigenvalue weighted by Crippen LogP contribution is -2.42. The van der Waals surface area contributed by atoms with Gasteiger partial charge in [-0.2, -0.15) is 0 Å². The number of ether oxygens (including phenoxy) is 1. The molecule has 1 aromatic heterocycles. The topological polar surface area (TPSA) is 122 Å². The number of amides is 2. The summed E-state index contributed by atoms with van der Waals surface area (Å²) in [5.74, 6) is -0.970. The Kier molecular flexibility index (Phi) is 5.86. The van der Waals surface area contributed by atoms with Crippen molar-refractivity contribution < 1.29 is 14.3 Å². The van der Waals surface area contributed by atoms with Crippen LogP contribution in [0.5, 0.6) is 5.75 Å². The van der Waals surface area contributed by atoms with Crippen LogP contribution in [0.4, 0.5) is 11.5 Å². The maximum atomic E-state index is 12.9. The molecule has 3 rings (SSSR count). The normalized spacial score (nSPS) is 15.6. The molecule has 3 N–H and O–H groups in total. The summed E-state index contributed by atoms with van der Waals surface area (Å²) in [5.41, 5.74) is -0.708. The Balaban J connectivity index is 1.99. The average Bonchev–Trinajstić information content (AvgIpc) is 2.66. The van der Waals surface area contributed by atoms with Crippen LogP contribution in [0.15, 0.2) is 33.9 Å². The van der Waals surface area contributed by atoms with Gasteiger partial charge in [0.1, 0.15) is 11.6 Å². The zero-order chi connectivity index (χ0) is 21.1. The van der Waals surface area contributed by atoms with Crippen molar-refractivity contribution in [2.24, 2.45) is 5.92 Å². The third-order valence-electron chi connectivity index (χ3n) is 4.81. The van der Waals surface area contributed by atoms with Gasteiger partial charge in [-0.1, -0.05) is 19.9 Å². The summed E-state index contributed by atoms with van der Waals surface area (Å²) in [5, 5.41) is 5.33. The van der Waals surface area contributed by atoms with Gasteiger partial charge >= 0.3 is 5.69 Å². The standard InChI is InChI=1S/C20H24N4O5/c1-11(2)7-8-24-17-16(19(27)23-20(24)28)14(10-15(25)22-17)18(26)21-12-5-4-6-13(9-12)29-3/h4-6,9,11,14H,7-8,10H2,1-3H3,(H,21,26)(H,22,25)(H,23,27,28). The molecule has 0 fully saturated rings. The van der Waals surface area contributed by atoms with Gasteiger partial charge in [0.05, 0.1) is 18.6 Å². The summed E-state index contributed by atoms with van der Waals surface area (Å²) in [6.45, 7) is 4.33. The molecular weight excluding hydrogens is 376 g/mol. The van der Waals surface area contributed by atoms with E-state index in [9.17, 15) is 19.2 Å². The van der Waals surface area contributed by atoms with E-state index in [-0.39, 0.29) is 17.8 Å². The fourth-order valence-electron chi connectivity index (χ4n) is 3.27. The summed E-state index contributed by atoms with van der Waals surface area (Å²) in [6.07, 6.45) is 0.489. The van der Waals surface area contributed by atoms with Crippen molar-refractivity contribution in [1.29, 1.82) is 0 Å². The second-order valence-electron chi connectivity index (χ2n) is 7.38. The summed E-state index contributed by atoms with van der Waals surface area (Å²) >= 11 is 0. The van der Waals surface area contributed by atoms with Crippen LogP contribution in [0, 0.1) is 5.92 Å². The number of aromatic nitrogens is 2. The highest BCUT2D eigenvalue weighted by Gasteiger charge is 2.35. The summed E-state index contributed by atoms with van der Waals surface area (Å²) < 4.78 is 6.46. The summed E-state index contributed by atoms with van der Waals surface area (Å²) in [7, 11) is 1.51. The molecular formula is C20H24N4O5. The van der Waals surface area contributed by atoms with Gasteiger partial charge in [-0.05, 0) is 24.5 Å². The van der Waals surface area contributed by atoms with Crippen LogP contribution < -0.4 is 26.6 Å². The highest BCUT2D eigenvalue weighted by molar-refractivity contribution is 6.04. The fraction of sp³-hybridized carbons (Fsp3) is 0.400. The average molecular weight is 400 g/mol. The van der Waals surface area contributed by atoms with Crippen LogP contribution in [0.1, 0.15) is 38.2 Å². The molecule has 1 atom stereocenters. The van der Waals surface area contributed by atoms with Crippen molar-refractivity contribution in [2.45, 2.75) is 39.2 Å². The fourth-order valence-corrected chi connectivity index (χ4v) is 3.27. The molecule has 0 bridgehead atoms. The molecule has 1 aromatic carbocycles. The van der Waals surface area contributed by atoms with Crippen molar-refractivity contribution in [3.63, 3.8) is 0 Å². The number of methoxy groups -OCH3 is 1. The van der Waals surface area contributed by atoms with E-state index in [1.54, 1.807) is 24.3 Å². The first-order valence-corrected chi connectivity index (χ1v) is 9.42. The minimum atomic E-state index is -1.01. The molecule has 29 heavy (non-hydrogen) atoms. The number of aromatic amines is 1. The van der Waals surface area contributed by atoms with E-state index >= 15 is 0 Å². The van der Waals surface area contributed by atoms with Gasteiger partial charge in [-0.15, -0.1) is 0 Å². The number of carbonyl (C=O) groups is 2. The molecule has 1 unspecified atom stereocenters. The first kappa shape index (κ1) is 20.4. The number of fused-ring (bicyclic) bond motifs is 1. The Morgan fingerprint density at radius 3 is 2.76 bits per heavy atom. The Morgan fingerprint density at radius 1 is 1.31 bits per heavy atom. The molecule has 2 heterocycles. The highest BCUT2D eigenvalue weighted by atomic mass is 16.5. The predicted octanol–water partition coefficient (Wildman–Crippen LogP) is 1.66. The van der Waals surface area contributed by atoms with E-state index in [4.69, 9.17) is 4.74 Å². The lowest BCUT2D eigenvalue weighted by Gasteiger charge is -2.26. The van der Waals surface area contributed by atoms with Crippen LogP contribution in [0.2, 0.25) is 0 Å². The molecule has 9 nitrogen and oxygen atoms in total. The van der Waals surface area contributed by atoms with E-state index in [1.165, 1.54) is 11.7 Å². The van der Waals surface area contributed by atoms with Crippen molar-refractivity contribution in [3.05, 3.63) is 50.7 Å². The number of hydrogen-bond acceptors (Lipinski definition) is 5. The zero-order valence-electron chi connectivity index (χ0n) is 16.6. The third-order valence-corrected chi connectivity index (χ3v) is 4.81. The Bertz CT molecular complexity index is 1050. The minimum absolute atomic E-state index is 0.0911. The molecule has 1 aliphatic heterocycles. The maximum absolute atomic E-state index is 12.9. The Hall–Kier alpha value is -3.36. The number of nitrogens with one attached hydrogen (secondary N) is 3. The van der Waals surface area contributed by atoms with Crippen LogP contribution in [-0.4, -0.2) is 28.5 Å². The second-order valence-corrected chi connectivity index (χ2v) is 7.38. The zero-order valence-corrected chi connectivity index (χ0v) is 16.6. The molecule has 0 radical (unpaired) electrons. The molecule has 154 valence electrons. The minimum Gasteiger partial charge on any atom is -0.497 e. The Morgan fingerprint density at radius 2 is 2.07 bits per heavy atom. The second kappa shape index (κ2) is 8.34. The van der Waals surface area contributed by atoms with Crippen LogP contribution in [-0.2, 0) is 16.1 Å². The highest BCUT2D eigenvalue weighted by Crippen LogP contribution is 2.30. The largest absolute Gasteiger partial charge is 0.497 e. The van der Waals surface area contributed by atoms with E-state index in [1.807, 2.05) is 13.8 Å². The quantitative estimate of drug-likeness (QED) is 0.681. The molecule has 0 aliphatic carbocycles. The van der Waals surface area contributed by atoms with Crippen molar-refractivity contribution in [3.8, 4) is 5.75 Å². The lowest BCUT2D eigenvalue weighted by molar-refractivity contribution is -0.123. The number of anilines is 2. The van der Waals surface area contributed by atoms with E-state index < -0.39 is 29.0 Å². The third kappa shape index (κ3) is 4.39. The summed E-state index contributed by atoms with van der Waals surface area (Å²) in [6, 6.07) is 6.76. The van der Waals surface area contributed by atoms with Gasteiger partial charge in [-0.25, -0.2) is 4.79 Å². The van der Waals surface area contributed by atoms with Gasteiger partial charge in [0.15, 0.2) is 0 Å². The lowest BCUT2D eigenvalue weighted by atomic mass is 9.92. The van der Waals surface area contributed by atoms with E-state index in [2.05, 4.69) is 15.6 Å². The van der Waals surface area contributed by atoms with Crippen molar-refractivity contribution >= 4 is 23.3 Å². The van der Waals surface area contributed by atoms with Gasteiger partial charge in [0, 0.05) is 24.7 Å².